The van der Waals surface area contributed by atoms with Crippen molar-refractivity contribution in [3.63, 3.8) is 0 Å². The molecule has 2 rings (SSSR count). The Morgan fingerprint density at radius 3 is 2.37 bits per heavy atom. The molecule has 0 spiro atoms. The van der Waals surface area contributed by atoms with Gasteiger partial charge < -0.3 is 10.2 Å². The highest BCUT2D eigenvalue weighted by molar-refractivity contribution is 5.12. The molecule has 2 saturated carbocycles. The van der Waals surface area contributed by atoms with Crippen LogP contribution < -0.4 is 5.32 Å². The first kappa shape index (κ1) is 15.3. The number of nitrogens with zero attached hydrogens (tertiary/aromatic N) is 1. The molecular formula is C17H34N2. The SMILES string of the molecule is CCCN(CC)CCNC1CC2CCC1(C)C2(C)C. The Kier molecular flexibility index (Phi) is 4.62. The van der Waals surface area contributed by atoms with E-state index in [9.17, 15) is 0 Å². The summed E-state index contributed by atoms with van der Waals surface area (Å²) in [5.74, 6) is 0.952. The molecule has 0 heterocycles. The van der Waals surface area contributed by atoms with Gasteiger partial charge in [0.15, 0.2) is 0 Å². The van der Waals surface area contributed by atoms with Crippen molar-refractivity contribution in [2.45, 2.75) is 66.3 Å². The zero-order valence-corrected chi connectivity index (χ0v) is 13.8. The molecule has 2 nitrogen and oxygen atoms in total. The fourth-order valence-electron chi connectivity index (χ4n) is 4.65. The summed E-state index contributed by atoms with van der Waals surface area (Å²) < 4.78 is 0. The lowest BCUT2D eigenvalue weighted by Crippen LogP contribution is -2.46. The normalized spacial score (nSPS) is 36.3. The van der Waals surface area contributed by atoms with Gasteiger partial charge in [-0.1, -0.05) is 34.6 Å². The van der Waals surface area contributed by atoms with Gasteiger partial charge in [0.2, 0.25) is 0 Å². The Bertz CT molecular complexity index is 300. The minimum absolute atomic E-state index is 0.527. The van der Waals surface area contributed by atoms with Gasteiger partial charge in [-0.05, 0) is 55.5 Å². The molecule has 1 N–H and O–H groups in total. The van der Waals surface area contributed by atoms with Crippen molar-refractivity contribution in [1.82, 2.24) is 10.2 Å². The maximum atomic E-state index is 3.89. The zero-order valence-electron chi connectivity index (χ0n) is 13.8. The van der Waals surface area contributed by atoms with Gasteiger partial charge in [0.1, 0.15) is 0 Å². The van der Waals surface area contributed by atoms with E-state index in [1.54, 1.807) is 0 Å². The van der Waals surface area contributed by atoms with Crippen LogP contribution >= 0.6 is 0 Å². The number of likely N-dealkylation sites (N-methyl/N-ethyl adjacent to an activating group) is 1. The average molecular weight is 266 g/mol. The van der Waals surface area contributed by atoms with Crippen LogP contribution in [-0.4, -0.2) is 37.1 Å². The van der Waals surface area contributed by atoms with Gasteiger partial charge >= 0.3 is 0 Å². The zero-order chi connectivity index (χ0) is 14.1. The molecule has 0 aromatic carbocycles. The van der Waals surface area contributed by atoms with E-state index in [2.05, 4.69) is 44.8 Å². The van der Waals surface area contributed by atoms with E-state index in [-0.39, 0.29) is 0 Å². The van der Waals surface area contributed by atoms with E-state index in [0.717, 1.165) is 18.5 Å². The van der Waals surface area contributed by atoms with Crippen molar-refractivity contribution < 1.29 is 0 Å². The monoisotopic (exact) mass is 266 g/mol. The molecule has 2 heteroatoms. The van der Waals surface area contributed by atoms with Crippen LogP contribution in [0.25, 0.3) is 0 Å². The third kappa shape index (κ3) is 2.58. The summed E-state index contributed by atoms with van der Waals surface area (Å²) in [7, 11) is 0. The van der Waals surface area contributed by atoms with Crippen molar-refractivity contribution in [2.75, 3.05) is 26.2 Å². The van der Waals surface area contributed by atoms with Crippen molar-refractivity contribution >= 4 is 0 Å². The second-order valence-electron chi connectivity index (χ2n) is 7.55. The lowest BCUT2D eigenvalue weighted by molar-refractivity contribution is 0.119. The second kappa shape index (κ2) is 5.73. The van der Waals surface area contributed by atoms with Gasteiger partial charge in [-0.15, -0.1) is 0 Å². The molecule has 0 radical (unpaired) electrons. The van der Waals surface area contributed by atoms with Gasteiger partial charge in [-0.2, -0.15) is 0 Å². The van der Waals surface area contributed by atoms with Crippen LogP contribution in [0.3, 0.4) is 0 Å². The second-order valence-corrected chi connectivity index (χ2v) is 7.55. The Morgan fingerprint density at radius 1 is 1.16 bits per heavy atom. The number of hydrogen-bond donors (Lipinski definition) is 1. The van der Waals surface area contributed by atoms with Crippen molar-refractivity contribution in [2.24, 2.45) is 16.7 Å². The molecule has 0 aromatic rings. The molecule has 19 heavy (non-hydrogen) atoms. The highest BCUT2D eigenvalue weighted by Crippen LogP contribution is 2.65. The van der Waals surface area contributed by atoms with Crippen LogP contribution in [0, 0.1) is 16.7 Å². The fraction of sp³-hybridized carbons (Fsp3) is 1.00. The predicted octanol–water partition coefficient (Wildman–Crippen LogP) is 3.52. The third-order valence-electron chi connectivity index (χ3n) is 6.60. The van der Waals surface area contributed by atoms with E-state index in [0.29, 0.717) is 10.8 Å². The summed E-state index contributed by atoms with van der Waals surface area (Å²) in [4.78, 5) is 2.56. The first-order valence-corrected chi connectivity index (χ1v) is 8.41. The highest BCUT2D eigenvalue weighted by Gasteiger charge is 2.60. The van der Waals surface area contributed by atoms with Crippen LogP contribution in [0.4, 0.5) is 0 Å². The lowest BCUT2D eigenvalue weighted by atomic mass is 9.69. The summed E-state index contributed by atoms with van der Waals surface area (Å²) in [5.41, 5.74) is 1.07. The molecular weight excluding hydrogens is 232 g/mol. The molecule has 112 valence electrons. The molecule has 3 unspecified atom stereocenters. The topological polar surface area (TPSA) is 15.3 Å². The van der Waals surface area contributed by atoms with E-state index in [4.69, 9.17) is 0 Å². The molecule has 0 aromatic heterocycles. The predicted molar refractivity (Wildman–Crippen MR) is 83.4 cm³/mol. The van der Waals surface area contributed by atoms with Gasteiger partial charge in [0.05, 0.1) is 0 Å². The Morgan fingerprint density at radius 2 is 1.89 bits per heavy atom. The molecule has 2 bridgehead atoms. The smallest absolute Gasteiger partial charge is 0.0129 e. The molecule has 2 aliphatic carbocycles. The minimum Gasteiger partial charge on any atom is -0.312 e. The largest absolute Gasteiger partial charge is 0.312 e. The molecule has 0 amide bonds. The molecule has 0 aliphatic heterocycles. The van der Waals surface area contributed by atoms with Crippen molar-refractivity contribution in [1.29, 1.82) is 0 Å². The highest BCUT2D eigenvalue weighted by atomic mass is 15.1. The first-order valence-electron chi connectivity index (χ1n) is 8.41. The minimum atomic E-state index is 0.527. The third-order valence-corrected chi connectivity index (χ3v) is 6.60. The lowest BCUT2D eigenvalue weighted by Gasteiger charge is -2.40. The van der Waals surface area contributed by atoms with E-state index in [1.165, 1.54) is 45.3 Å². The van der Waals surface area contributed by atoms with Gasteiger partial charge in [-0.3, -0.25) is 0 Å². The number of hydrogen-bond acceptors (Lipinski definition) is 2. The summed E-state index contributed by atoms with van der Waals surface area (Å²) in [6.45, 7) is 16.9. The summed E-state index contributed by atoms with van der Waals surface area (Å²) in [6.07, 6.45) is 5.56. The van der Waals surface area contributed by atoms with Crippen LogP contribution in [0.15, 0.2) is 0 Å². The fourth-order valence-corrected chi connectivity index (χ4v) is 4.65. The quantitative estimate of drug-likeness (QED) is 0.758. The van der Waals surface area contributed by atoms with Gasteiger partial charge in [0.25, 0.3) is 0 Å². The molecule has 0 saturated heterocycles. The van der Waals surface area contributed by atoms with Crippen LogP contribution in [0.2, 0.25) is 0 Å². The maximum Gasteiger partial charge on any atom is 0.0129 e. The van der Waals surface area contributed by atoms with Crippen LogP contribution in [-0.2, 0) is 0 Å². The maximum absolute atomic E-state index is 3.89. The first-order chi connectivity index (χ1) is 8.95. The Balaban J connectivity index is 1.82. The Labute approximate surface area is 120 Å². The standard InChI is InChI=1S/C17H34N2/c1-6-11-19(7-2)12-10-18-15-13-14-8-9-17(15,5)16(14,3)4/h14-15,18H,6-13H2,1-5H3. The van der Waals surface area contributed by atoms with E-state index in [1.807, 2.05) is 0 Å². The summed E-state index contributed by atoms with van der Waals surface area (Å²) >= 11 is 0. The van der Waals surface area contributed by atoms with Crippen molar-refractivity contribution in [3.05, 3.63) is 0 Å². The average Bonchev–Trinajstić information content (AvgIpc) is 2.70. The van der Waals surface area contributed by atoms with Crippen LogP contribution in [0.5, 0.6) is 0 Å². The molecule has 2 aliphatic rings. The van der Waals surface area contributed by atoms with Gasteiger partial charge in [0, 0.05) is 19.1 Å². The Hall–Kier alpha value is -0.0800. The van der Waals surface area contributed by atoms with E-state index >= 15 is 0 Å². The van der Waals surface area contributed by atoms with Crippen LogP contribution in [0.1, 0.15) is 60.3 Å². The summed E-state index contributed by atoms with van der Waals surface area (Å²) in [5, 5.41) is 3.89. The number of nitrogens with one attached hydrogen (secondary N) is 1. The van der Waals surface area contributed by atoms with Gasteiger partial charge in [-0.25, -0.2) is 0 Å². The van der Waals surface area contributed by atoms with E-state index < -0.39 is 0 Å². The number of rotatable bonds is 7. The molecule has 2 fully saturated rings. The summed E-state index contributed by atoms with van der Waals surface area (Å²) in [6, 6.07) is 0.751. The van der Waals surface area contributed by atoms with Crippen molar-refractivity contribution in [3.8, 4) is 0 Å². The molecule has 3 atom stereocenters. The number of fused-ring (bicyclic) bond motifs is 2.